The Morgan fingerprint density at radius 2 is 2.09 bits per heavy atom. The SMILES string of the molecule is O=C1CCCCCN1CC(=O)N1CCC[C@H]1c1cnccn1. The zero-order chi connectivity index (χ0) is 15.4. The predicted octanol–water partition coefficient (Wildman–Crippen LogP) is 1.54. The van der Waals surface area contributed by atoms with Crippen molar-refractivity contribution in [1.29, 1.82) is 0 Å². The molecule has 1 atom stereocenters. The van der Waals surface area contributed by atoms with Crippen LogP contribution in [0.4, 0.5) is 0 Å². The Kier molecular flexibility index (Phi) is 4.65. The molecule has 2 aliphatic heterocycles. The summed E-state index contributed by atoms with van der Waals surface area (Å²) >= 11 is 0. The number of carbonyl (C=O) groups excluding carboxylic acids is 2. The maximum absolute atomic E-state index is 12.6. The average molecular weight is 302 g/mol. The van der Waals surface area contributed by atoms with E-state index >= 15 is 0 Å². The smallest absolute Gasteiger partial charge is 0.242 e. The van der Waals surface area contributed by atoms with Gasteiger partial charge in [0.2, 0.25) is 11.8 Å². The Labute approximate surface area is 130 Å². The Morgan fingerprint density at radius 3 is 2.91 bits per heavy atom. The van der Waals surface area contributed by atoms with Gasteiger partial charge >= 0.3 is 0 Å². The summed E-state index contributed by atoms with van der Waals surface area (Å²) in [6.45, 7) is 1.64. The van der Waals surface area contributed by atoms with Crippen molar-refractivity contribution in [2.45, 2.75) is 44.6 Å². The number of likely N-dealkylation sites (tertiary alicyclic amines) is 2. The van der Waals surface area contributed by atoms with Crippen LogP contribution in [0.1, 0.15) is 50.3 Å². The van der Waals surface area contributed by atoms with E-state index in [1.807, 2.05) is 4.90 Å². The number of aromatic nitrogens is 2. The van der Waals surface area contributed by atoms with E-state index < -0.39 is 0 Å². The first-order valence-electron chi connectivity index (χ1n) is 8.09. The molecular weight excluding hydrogens is 280 g/mol. The van der Waals surface area contributed by atoms with E-state index in [2.05, 4.69) is 9.97 Å². The quantitative estimate of drug-likeness (QED) is 0.849. The molecule has 2 fully saturated rings. The van der Waals surface area contributed by atoms with Crippen LogP contribution < -0.4 is 0 Å². The molecule has 0 saturated carbocycles. The van der Waals surface area contributed by atoms with Gasteiger partial charge in [0.05, 0.1) is 24.5 Å². The fourth-order valence-electron chi connectivity index (χ4n) is 3.32. The predicted molar refractivity (Wildman–Crippen MR) is 80.8 cm³/mol. The van der Waals surface area contributed by atoms with Crippen LogP contribution in [-0.2, 0) is 9.59 Å². The van der Waals surface area contributed by atoms with Gasteiger partial charge in [-0.15, -0.1) is 0 Å². The van der Waals surface area contributed by atoms with Crippen LogP contribution in [0.5, 0.6) is 0 Å². The minimum Gasteiger partial charge on any atom is -0.333 e. The van der Waals surface area contributed by atoms with Crippen molar-refractivity contribution in [2.24, 2.45) is 0 Å². The number of amides is 2. The second-order valence-corrected chi connectivity index (χ2v) is 6.00. The lowest BCUT2D eigenvalue weighted by atomic mass is 10.1. The van der Waals surface area contributed by atoms with E-state index in [-0.39, 0.29) is 24.4 Å². The molecule has 0 bridgehead atoms. The monoisotopic (exact) mass is 302 g/mol. The second-order valence-electron chi connectivity index (χ2n) is 6.00. The molecule has 0 spiro atoms. The molecule has 22 heavy (non-hydrogen) atoms. The van der Waals surface area contributed by atoms with Crippen molar-refractivity contribution >= 4 is 11.8 Å². The van der Waals surface area contributed by atoms with Gasteiger partial charge in [0.25, 0.3) is 0 Å². The second kappa shape index (κ2) is 6.85. The van der Waals surface area contributed by atoms with Crippen molar-refractivity contribution in [1.82, 2.24) is 19.8 Å². The largest absolute Gasteiger partial charge is 0.333 e. The number of nitrogens with zero attached hydrogens (tertiary/aromatic N) is 4. The summed E-state index contributed by atoms with van der Waals surface area (Å²) in [4.78, 5) is 36.7. The number of hydrogen-bond donors (Lipinski definition) is 0. The van der Waals surface area contributed by atoms with E-state index in [4.69, 9.17) is 0 Å². The van der Waals surface area contributed by atoms with E-state index in [1.54, 1.807) is 23.5 Å². The van der Waals surface area contributed by atoms with E-state index in [0.717, 1.165) is 44.3 Å². The van der Waals surface area contributed by atoms with Crippen molar-refractivity contribution < 1.29 is 9.59 Å². The molecule has 0 unspecified atom stereocenters. The first kappa shape index (κ1) is 14.9. The molecule has 3 heterocycles. The normalized spacial score (nSPS) is 22.7. The number of rotatable bonds is 3. The summed E-state index contributed by atoms with van der Waals surface area (Å²) in [5.41, 5.74) is 0.843. The fraction of sp³-hybridized carbons (Fsp3) is 0.625. The highest BCUT2D eigenvalue weighted by molar-refractivity contribution is 5.85. The van der Waals surface area contributed by atoms with Gasteiger partial charge in [0.1, 0.15) is 0 Å². The highest BCUT2D eigenvalue weighted by Gasteiger charge is 2.32. The Morgan fingerprint density at radius 1 is 1.18 bits per heavy atom. The zero-order valence-electron chi connectivity index (χ0n) is 12.8. The molecule has 6 nitrogen and oxygen atoms in total. The van der Waals surface area contributed by atoms with E-state index in [1.165, 1.54) is 0 Å². The lowest BCUT2D eigenvalue weighted by Gasteiger charge is -2.27. The molecule has 3 rings (SSSR count). The maximum Gasteiger partial charge on any atom is 0.242 e. The van der Waals surface area contributed by atoms with Crippen molar-refractivity contribution in [3.8, 4) is 0 Å². The van der Waals surface area contributed by atoms with Crippen LogP contribution in [0.3, 0.4) is 0 Å². The first-order chi connectivity index (χ1) is 10.8. The summed E-state index contributed by atoms with van der Waals surface area (Å²) in [5.74, 6) is 0.143. The van der Waals surface area contributed by atoms with Gasteiger partial charge in [0, 0.05) is 31.9 Å². The van der Waals surface area contributed by atoms with Gasteiger partial charge in [-0.3, -0.25) is 19.6 Å². The topological polar surface area (TPSA) is 66.4 Å². The van der Waals surface area contributed by atoms with Crippen LogP contribution in [0.2, 0.25) is 0 Å². The molecule has 0 N–H and O–H groups in total. The minimum atomic E-state index is 0.00304. The van der Waals surface area contributed by atoms with Gasteiger partial charge in [0.15, 0.2) is 0 Å². The molecule has 1 aromatic heterocycles. The average Bonchev–Trinajstić information content (AvgIpc) is 2.95. The Balaban J connectivity index is 1.67. The number of hydrogen-bond acceptors (Lipinski definition) is 4. The molecule has 1 aromatic rings. The van der Waals surface area contributed by atoms with Crippen molar-refractivity contribution in [2.75, 3.05) is 19.6 Å². The van der Waals surface area contributed by atoms with Gasteiger partial charge < -0.3 is 9.80 Å². The summed E-state index contributed by atoms with van der Waals surface area (Å²) in [6, 6.07) is 0.00304. The molecule has 0 radical (unpaired) electrons. The first-order valence-corrected chi connectivity index (χ1v) is 8.09. The van der Waals surface area contributed by atoms with E-state index in [9.17, 15) is 9.59 Å². The Hall–Kier alpha value is -1.98. The van der Waals surface area contributed by atoms with Crippen LogP contribution in [-0.4, -0.2) is 51.2 Å². The van der Waals surface area contributed by atoms with Gasteiger partial charge in [-0.1, -0.05) is 6.42 Å². The molecule has 2 aliphatic rings. The van der Waals surface area contributed by atoms with E-state index in [0.29, 0.717) is 13.0 Å². The van der Waals surface area contributed by atoms with Gasteiger partial charge in [-0.05, 0) is 25.7 Å². The lowest BCUT2D eigenvalue weighted by molar-refractivity contribution is -0.140. The molecule has 2 saturated heterocycles. The minimum absolute atomic E-state index is 0.00304. The fourth-order valence-corrected chi connectivity index (χ4v) is 3.32. The summed E-state index contributed by atoms with van der Waals surface area (Å²) in [5, 5.41) is 0. The molecule has 2 amide bonds. The highest BCUT2D eigenvalue weighted by Crippen LogP contribution is 2.30. The van der Waals surface area contributed by atoms with Gasteiger partial charge in [-0.2, -0.15) is 0 Å². The van der Waals surface area contributed by atoms with Crippen LogP contribution in [0.15, 0.2) is 18.6 Å². The van der Waals surface area contributed by atoms with Gasteiger partial charge in [-0.25, -0.2) is 0 Å². The molecule has 6 heteroatoms. The third kappa shape index (κ3) is 3.26. The highest BCUT2D eigenvalue weighted by atomic mass is 16.2. The molecular formula is C16H22N4O2. The molecule has 118 valence electrons. The maximum atomic E-state index is 12.6. The molecule has 0 aliphatic carbocycles. The van der Waals surface area contributed by atoms with Crippen molar-refractivity contribution in [3.63, 3.8) is 0 Å². The standard InChI is InChI=1S/C16H22N4O2/c21-15-6-2-1-3-9-19(15)12-16(22)20-10-4-5-14(20)13-11-17-7-8-18-13/h7-8,11,14H,1-6,9-10,12H2/t14-/m0/s1. The van der Waals surface area contributed by atoms with Crippen LogP contribution >= 0.6 is 0 Å². The lowest BCUT2D eigenvalue weighted by Crippen LogP contribution is -2.42. The van der Waals surface area contributed by atoms with Crippen LogP contribution in [0, 0.1) is 0 Å². The van der Waals surface area contributed by atoms with Crippen LogP contribution in [0.25, 0.3) is 0 Å². The Bertz CT molecular complexity index is 534. The third-order valence-electron chi connectivity index (χ3n) is 4.50. The summed E-state index contributed by atoms with van der Waals surface area (Å²) < 4.78 is 0. The number of carbonyl (C=O) groups is 2. The van der Waals surface area contributed by atoms with Crippen molar-refractivity contribution in [3.05, 3.63) is 24.3 Å². The summed E-state index contributed by atoms with van der Waals surface area (Å²) in [6.07, 6.45) is 10.5. The third-order valence-corrected chi connectivity index (χ3v) is 4.50. The summed E-state index contributed by atoms with van der Waals surface area (Å²) in [7, 11) is 0. The molecule has 0 aromatic carbocycles. The zero-order valence-corrected chi connectivity index (χ0v) is 12.8.